The van der Waals surface area contributed by atoms with E-state index in [9.17, 15) is 14.7 Å². The van der Waals surface area contributed by atoms with Gasteiger partial charge in [-0.05, 0) is 12.1 Å². The Morgan fingerprint density at radius 2 is 2.09 bits per heavy atom. The van der Waals surface area contributed by atoms with Gasteiger partial charge in [-0.25, -0.2) is 5.43 Å². The molecule has 120 valence electrons. The number of aromatic nitrogens is 2. The van der Waals surface area contributed by atoms with E-state index in [2.05, 4.69) is 26.0 Å². The summed E-state index contributed by atoms with van der Waals surface area (Å²) in [7, 11) is 0. The Hall–Kier alpha value is -2.52. The molecule has 0 bridgehead atoms. The van der Waals surface area contributed by atoms with Gasteiger partial charge in [0.25, 0.3) is 0 Å². The Morgan fingerprint density at radius 1 is 1.30 bits per heavy atom. The van der Waals surface area contributed by atoms with Crippen LogP contribution in [-0.2, 0) is 16.0 Å². The van der Waals surface area contributed by atoms with Crippen LogP contribution in [0.2, 0.25) is 0 Å². The van der Waals surface area contributed by atoms with E-state index in [1.54, 1.807) is 18.2 Å². The van der Waals surface area contributed by atoms with Gasteiger partial charge in [0.1, 0.15) is 16.6 Å². The SMILES string of the molecule is O=C(Cc1nnc(NC(=O)CCl)s1)N/N=C\c1ccccc1O. The van der Waals surface area contributed by atoms with E-state index < -0.39 is 11.8 Å². The van der Waals surface area contributed by atoms with Crippen LogP contribution in [0.1, 0.15) is 10.6 Å². The Labute approximate surface area is 140 Å². The fraction of sp³-hybridized carbons (Fsp3) is 0.154. The normalized spacial score (nSPS) is 10.7. The summed E-state index contributed by atoms with van der Waals surface area (Å²) in [6.45, 7) is 0. The second-order valence-corrected chi connectivity index (χ2v) is 5.54. The molecule has 0 unspecified atom stereocenters. The highest BCUT2D eigenvalue weighted by Gasteiger charge is 2.10. The first-order valence-corrected chi connectivity index (χ1v) is 7.71. The van der Waals surface area contributed by atoms with Crippen LogP contribution in [0.3, 0.4) is 0 Å². The van der Waals surface area contributed by atoms with Gasteiger partial charge in [-0.15, -0.1) is 21.8 Å². The molecule has 0 radical (unpaired) electrons. The number of anilines is 1. The van der Waals surface area contributed by atoms with Crippen molar-refractivity contribution in [3.63, 3.8) is 0 Å². The van der Waals surface area contributed by atoms with Crippen molar-refractivity contribution in [1.29, 1.82) is 0 Å². The number of aromatic hydroxyl groups is 1. The second-order valence-electron chi connectivity index (χ2n) is 4.21. The van der Waals surface area contributed by atoms with Crippen molar-refractivity contribution in [2.45, 2.75) is 6.42 Å². The summed E-state index contributed by atoms with van der Waals surface area (Å²) in [5.74, 6) is -0.917. The second kappa shape index (κ2) is 8.20. The number of para-hydroxylation sites is 1. The molecule has 0 aliphatic carbocycles. The van der Waals surface area contributed by atoms with Crippen molar-refractivity contribution < 1.29 is 14.7 Å². The Kier molecular flexibility index (Phi) is 6.01. The number of amides is 2. The van der Waals surface area contributed by atoms with Crippen molar-refractivity contribution in [2.75, 3.05) is 11.2 Å². The minimum atomic E-state index is -0.400. The van der Waals surface area contributed by atoms with Gasteiger partial charge in [-0.3, -0.25) is 14.9 Å². The summed E-state index contributed by atoms with van der Waals surface area (Å²) in [6.07, 6.45) is 1.30. The molecule has 0 atom stereocenters. The molecule has 0 fully saturated rings. The number of rotatable bonds is 6. The Balaban J connectivity index is 1.85. The predicted octanol–water partition coefficient (Wildman–Crippen LogP) is 1.11. The van der Waals surface area contributed by atoms with Crippen LogP contribution in [0.15, 0.2) is 29.4 Å². The van der Waals surface area contributed by atoms with Gasteiger partial charge in [0.2, 0.25) is 16.9 Å². The average Bonchev–Trinajstić information content (AvgIpc) is 2.96. The van der Waals surface area contributed by atoms with Crippen LogP contribution in [0, 0.1) is 0 Å². The molecule has 1 heterocycles. The zero-order valence-electron chi connectivity index (χ0n) is 11.7. The number of nitrogens with zero attached hydrogens (tertiary/aromatic N) is 3. The zero-order chi connectivity index (χ0) is 16.7. The molecule has 0 saturated heterocycles. The third kappa shape index (κ3) is 5.31. The van der Waals surface area contributed by atoms with Crippen LogP contribution in [-0.4, -0.2) is 39.2 Å². The summed E-state index contributed by atoms with van der Waals surface area (Å²) in [5.41, 5.74) is 2.80. The van der Waals surface area contributed by atoms with Crippen molar-refractivity contribution in [1.82, 2.24) is 15.6 Å². The van der Waals surface area contributed by atoms with Gasteiger partial charge in [-0.1, -0.05) is 23.5 Å². The number of benzene rings is 1. The molecule has 0 saturated carbocycles. The number of halogens is 1. The lowest BCUT2D eigenvalue weighted by Gasteiger charge is -1.98. The molecule has 0 aliphatic rings. The number of hydrogen-bond acceptors (Lipinski definition) is 7. The topological polar surface area (TPSA) is 117 Å². The highest BCUT2D eigenvalue weighted by molar-refractivity contribution is 7.15. The molecule has 0 aliphatic heterocycles. The number of nitrogens with one attached hydrogen (secondary N) is 2. The minimum Gasteiger partial charge on any atom is -0.507 e. The lowest BCUT2D eigenvalue weighted by Crippen LogP contribution is -2.19. The first kappa shape index (κ1) is 16.8. The van der Waals surface area contributed by atoms with Crippen molar-refractivity contribution in [3.8, 4) is 5.75 Å². The van der Waals surface area contributed by atoms with E-state index in [4.69, 9.17) is 11.6 Å². The lowest BCUT2D eigenvalue weighted by molar-refractivity contribution is -0.120. The number of hydrazone groups is 1. The van der Waals surface area contributed by atoms with E-state index in [0.717, 1.165) is 11.3 Å². The summed E-state index contributed by atoms with van der Waals surface area (Å²) in [6, 6.07) is 6.59. The average molecular weight is 354 g/mol. The smallest absolute Gasteiger partial charge is 0.247 e. The zero-order valence-corrected chi connectivity index (χ0v) is 13.3. The summed E-state index contributed by atoms with van der Waals surface area (Å²) >= 11 is 6.43. The summed E-state index contributed by atoms with van der Waals surface area (Å²) in [5, 5.41) is 23.9. The van der Waals surface area contributed by atoms with Gasteiger partial charge in [0.05, 0.1) is 12.6 Å². The fourth-order valence-corrected chi connectivity index (χ4v) is 2.30. The number of hydrogen-bond donors (Lipinski definition) is 3. The molecule has 8 nitrogen and oxygen atoms in total. The number of alkyl halides is 1. The summed E-state index contributed by atoms with van der Waals surface area (Å²) in [4.78, 5) is 22.8. The molecule has 23 heavy (non-hydrogen) atoms. The molecular weight excluding hydrogens is 342 g/mol. The van der Waals surface area contributed by atoms with Crippen molar-refractivity contribution in [3.05, 3.63) is 34.8 Å². The molecule has 10 heteroatoms. The van der Waals surface area contributed by atoms with Crippen LogP contribution in [0.25, 0.3) is 0 Å². The molecule has 0 spiro atoms. The van der Waals surface area contributed by atoms with Crippen LogP contribution >= 0.6 is 22.9 Å². The minimum absolute atomic E-state index is 0.0352. The molecule has 3 N–H and O–H groups in total. The maximum absolute atomic E-state index is 11.7. The monoisotopic (exact) mass is 353 g/mol. The predicted molar refractivity (Wildman–Crippen MR) is 86.8 cm³/mol. The highest BCUT2D eigenvalue weighted by Crippen LogP contribution is 2.15. The van der Waals surface area contributed by atoms with Gasteiger partial charge in [0, 0.05) is 5.56 Å². The van der Waals surface area contributed by atoms with Crippen molar-refractivity contribution in [2.24, 2.45) is 5.10 Å². The quantitative estimate of drug-likeness (QED) is 0.408. The standard InChI is InChI=1S/C13H12ClN5O3S/c14-6-11(22)16-13-19-18-12(23-13)5-10(21)17-15-7-8-3-1-2-4-9(8)20/h1-4,7,20H,5-6H2,(H,17,21)(H,16,19,22)/b15-7-. The lowest BCUT2D eigenvalue weighted by atomic mass is 10.2. The summed E-state index contributed by atoms with van der Waals surface area (Å²) < 4.78 is 0. The number of phenolic OH excluding ortho intramolecular Hbond substituents is 1. The highest BCUT2D eigenvalue weighted by atomic mass is 35.5. The first-order chi connectivity index (χ1) is 11.1. The number of carbonyl (C=O) groups excluding carboxylic acids is 2. The molecule has 2 amide bonds. The molecule has 1 aromatic carbocycles. The molecular formula is C13H12ClN5O3S. The van der Waals surface area contributed by atoms with Gasteiger partial charge in [-0.2, -0.15) is 5.10 Å². The van der Waals surface area contributed by atoms with Gasteiger partial charge >= 0.3 is 0 Å². The first-order valence-electron chi connectivity index (χ1n) is 6.36. The maximum atomic E-state index is 11.7. The van der Waals surface area contributed by atoms with Crippen LogP contribution in [0.4, 0.5) is 5.13 Å². The third-order valence-corrected chi connectivity index (χ3v) is 3.56. The van der Waals surface area contributed by atoms with E-state index in [1.807, 2.05) is 0 Å². The van der Waals surface area contributed by atoms with E-state index in [-0.39, 0.29) is 23.2 Å². The number of phenols is 1. The van der Waals surface area contributed by atoms with Gasteiger partial charge < -0.3 is 5.11 Å². The van der Waals surface area contributed by atoms with Crippen molar-refractivity contribution >= 4 is 46.1 Å². The van der Waals surface area contributed by atoms with Gasteiger partial charge in [0.15, 0.2) is 0 Å². The Bertz CT molecular complexity index is 734. The third-order valence-electron chi connectivity index (χ3n) is 2.48. The fourth-order valence-electron chi connectivity index (χ4n) is 1.48. The molecule has 2 aromatic rings. The van der Waals surface area contributed by atoms with E-state index in [0.29, 0.717) is 10.6 Å². The molecule has 2 rings (SSSR count). The Morgan fingerprint density at radius 3 is 2.83 bits per heavy atom. The maximum Gasteiger partial charge on any atom is 0.247 e. The largest absolute Gasteiger partial charge is 0.507 e. The molecule has 1 aromatic heterocycles. The van der Waals surface area contributed by atoms with E-state index >= 15 is 0 Å². The number of carbonyl (C=O) groups is 2. The van der Waals surface area contributed by atoms with Crippen LogP contribution in [0.5, 0.6) is 5.75 Å². The van der Waals surface area contributed by atoms with Crippen LogP contribution < -0.4 is 10.7 Å². The van der Waals surface area contributed by atoms with E-state index in [1.165, 1.54) is 12.3 Å².